The topological polar surface area (TPSA) is 121 Å². The second-order valence-corrected chi connectivity index (χ2v) is 8.04. The number of H-pyrrole nitrogens is 1. The van der Waals surface area contributed by atoms with E-state index < -0.39 is 22.6 Å². The van der Waals surface area contributed by atoms with Crippen LogP contribution in [-0.2, 0) is 36.9 Å². The lowest BCUT2D eigenvalue weighted by molar-refractivity contribution is -0.385. The predicted octanol–water partition coefficient (Wildman–Crippen LogP) is 3.39. The molecule has 0 saturated carbocycles. The van der Waals surface area contributed by atoms with E-state index in [-0.39, 0.29) is 42.4 Å². The van der Waals surface area contributed by atoms with Crippen LogP contribution in [0.5, 0.6) is 0 Å². The molecule has 1 aromatic heterocycles. The van der Waals surface area contributed by atoms with E-state index in [0.29, 0.717) is 29.8 Å². The number of benzene rings is 2. The molecule has 0 unspecified atom stereocenters. The van der Waals surface area contributed by atoms with Crippen LogP contribution in [0.2, 0.25) is 0 Å². The number of aromatic nitrogens is 2. The number of nitrogens with one attached hydrogen (secondary N) is 2. The van der Waals surface area contributed by atoms with E-state index in [4.69, 9.17) is 0 Å². The number of nitrogens with zero attached hydrogens (tertiary/aromatic N) is 3. The van der Waals surface area contributed by atoms with E-state index in [9.17, 15) is 32.9 Å². The predicted molar refractivity (Wildman–Crippen MR) is 117 cm³/mol. The highest BCUT2D eigenvalue weighted by Crippen LogP contribution is 2.29. The van der Waals surface area contributed by atoms with Crippen LogP contribution >= 0.6 is 0 Å². The van der Waals surface area contributed by atoms with Crippen LogP contribution in [0.25, 0.3) is 0 Å². The number of aromatic amines is 1. The first-order chi connectivity index (χ1) is 16.6. The first-order valence-corrected chi connectivity index (χ1v) is 10.6. The summed E-state index contributed by atoms with van der Waals surface area (Å²) in [5.41, 5.74) is 0.858. The fourth-order valence-electron chi connectivity index (χ4n) is 3.93. The van der Waals surface area contributed by atoms with Gasteiger partial charge in [-0.3, -0.25) is 24.8 Å². The molecular formula is C23H20F3N5O4. The number of para-hydroxylation sites is 1. The molecule has 2 heterocycles. The van der Waals surface area contributed by atoms with Gasteiger partial charge in [0, 0.05) is 48.9 Å². The Morgan fingerprint density at radius 2 is 1.94 bits per heavy atom. The molecule has 0 bridgehead atoms. The Morgan fingerprint density at radius 1 is 1.17 bits per heavy atom. The van der Waals surface area contributed by atoms with Gasteiger partial charge in [0.05, 0.1) is 16.9 Å². The average molecular weight is 487 g/mol. The molecule has 1 aliphatic rings. The van der Waals surface area contributed by atoms with Gasteiger partial charge in [0.15, 0.2) is 5.69 Å². The lowest BCUT2D eigenvalue weighted by Gasteiger charge is -2.27. The molecule has 0 fully saturated rings. The van der Waals surface area contributed by atoms with Crippen molar-refractivity contribution in [2.45, 2.75) is 32.1 Å². The van der Waals surface area contributed by atoms with Crippen molar-refractivity contribution < 1.29 is 27.7 Å². The van der Waals surface area contributed by atoms with E-state index >= 15 is 0 Å². The molecule has 2 amide bonds. The van der Waals surface area contributed by atoms with Crippen LogP contribution in [-0.4, -0.2) is 38.4 Å². The summed E-state index contributed by atoms with van der Waals surface area (Å²) in [7, 11) is 0. The third-order valence-corrected chi connectivity index (χ3v) is 5.74. The van der Waals surface area contributed by atoms with Gasteiger partial charge in [-0.15, -0.1) is 0 Å². The minimum atomic E-state index is -4.49. The molecule has 0 saturated heterocycles. The van der Waals surface area contributed by atoms with Gasteiger partial charge in [0.1, 0.15) is 0 Å². The van der Waals surface area contributed by atoms with Crippen LogP contribution < -0.4 is 5.32 Å². The van der Waals surface area contributed by atoms with Gasteiger partial charge in [-0.1, -0.05) is 30.3 Å². The number of carbonyl (C=O) groups is 2. The van der Waals surface area contributed by atoms with Crippen LogP contribution in [0.3, 0.4) is 0 Å². The summed E-state index contributed by atoms with van der Waals surface area (Å²) in [4.78, 5) is 37.8. The quantitative estimate of drug-likeness (QED) is 0.408. The summed E-state index contributed by atoms with van der Waals surface area (Å²) < 4.78 is 38.7. The van der Waals surface area contributed by atoms with Gasteiger partial charge < -0.3 is 10.2 Å². The molecule has 12 heteroatoms. The monoisotopic (exact) mass is 487 g/mol. The van der Waals surface area contributed by atoms with Crippen LogP contribution in [0, 0.1) is 10.1 Å². The highest BCUT2D eigenvalue weighted by molar-refractivity contribution is 5.94. The zero-order chi connectivity index (χ0) is 25.2. The van der Waals surface area contributed by atoms with Gasteiger partial charge in [0.25, 0.3) is 11.6 Å². The average Bonchev–Trinajstić information content (AvgIpc) is 3.26. The Kier molecular flexibility index (Phi) is 6.54. The lowest BCUT2D eigenvalue weighted by atomic mass is 10.0. The molecule has 0 aliphatic carbocycles. The fourth-order valence-corrected chi connectivity index (χ4v) is 3.93. The highest BCUT2D eigenvalue weighted by atomic mass is 19.4. The number of nitro benzene ring substituents is 1. The number of hydrogen-bond donors (Lipinski definition) is 2. The molecule has 2 aromatic carbocycles. The maximum atomic E-state index is 12.9. The Balaban J connectivity index is 1.44. The molecule has 4 rings (SSSR count). The largest absolute Gasteiger partial charge is 0.416 e. The Labute approximate surface area is 197 Å². The number of rotatable bonds is 6. The molecule has 1 aliphatic heterocycles. The van der Waals surface area contributed by atoms with E-state index in [1.165, 1.54) is 35.2 Å². The number of carbonyl (C=O) groups excluding carboxylic acids is 2. The lowest BCUT2D eigenvalue weighted by Crippen LogP contribution is -2.37. The Hall–Kier alpha value is -4.22. The summed E-state index contributed by atoms with van der Waals surface area (Å²) in [6.07, 6.45) is -4.25. The third kappa shape index (κ3) is 5.31. The highest BCUT2D eigenvalue weighted by Gasteiger charge is 2.31. The summed E-state index contributed by atoms with van der Waals surface area (Å²) in [5.74, 6) is -0.922. The number of halogens is 3. The SMILES string of the molecule is O=C(NCc1cccc(C(F)(F)F)c1)c1n[nH]c2c1CN(C(=O)Cc1ccccc1[N+](=O)[O-])CC2. The minimum absolute atomic E-state index is 0.0511. The van der Waals surface area contributed by atoms with Crippen molar-refractivity contribution in [3.05, 3.63) is 92.3 Å². The van der Waals surface area contributed by atoms with E-state index in [0.717, 1.165) is 12.1 Å². The van der Waals surface area contributed by atoms with Crippen molar-refractivity contribution in [1.82, 2.24) is 20.4 Å². The van der Waals surface area contributed by atoms with Crippen molar-refractivity contribution in [2.24, 2.45) is 0 Å². The van der Waals surface area contributed by atoms with Gasteiger partial charge >= 0.3 is 6.18 Å². The van der Waals surface area contributed by atoms with Crippen molar-refractivity contribution in [1.29, 1.82) is 0 Å². The number of fused-ring (bicyclic) bond motifs is 1. The fraction of sp³-hybridized carbons (Fsp3) is 0.261. The number of hydrogen-bond acceptors (Lipinski definition) is 5. The van der Waals surface area contributed by atoms with Gasteiger partial charge in [0.2, 0.25) is 5.91 Å². The van der Waals surface area contributed by atoms with Gasteiger partial charge in [-0.05, 0) is 17.7 Å². The third-order valence-electron chi connectivity index (χ3n) is 5.74. The number of amides is 2. The number of alkyl halides is 3. The normalized spacial score (nSPS) is 13.3. The molecule has 3 aromatic rings. The first-order valence-electron chi connectivity index (χ1n) is 10.6. The second-order valence-electron chi connectivity index (χ2n) is 8.04. The number of nitro groups is 1. The standard InChI is InChI=1S/C23H20F3N5O4/c24-23(25,26)16-6-3-4-14(10-16)12-27-22(33)21-17-13-30(9-8-18(17)28-29-21)20(32)11-15-5-1-2-7-19(15)31(34)35/h1-7,10H,8-9,11-13H2,(H,27,33)(H,28,29). The molecule has 0 atom stereocenters. The molecule has 0 radical (unpaired) electrons. The molecule has 2 N–H and O–H groups in total. The summed E-state index contributed by atoms with van der Waals surface area (Å²) in [6, 6.07) is 10.6. The van der Waals surface area contributed by atoms with Crippen LogP contribution in [0.15, 0.2) is 48.5 Å². The summed E-state index contributed by atoms with van der Waals surface area (Å²) in [5, 5.41) is 20.6. The second kappa shape index (κ2) is 9.57. The Bertz CT molecular complexity index is 1290. The minimum Gasteiger partial charge on any atom is -0.347 e. The molecule has 35 heavy (non-hydrogen) atoms. The molecule has 0 spiro atoms. The van der Waals surface area contributed by atoms with Crippen molar-refractivity contribution in [3.8, 4) is 0 Å². The summed E-state index contributed by atoms with van der Waals surface area (Å²) >= 11 is 0. The first kappa shape index (κ1) is 23.9. The zero-order valence-electron chi connectivity index (χ0n) is 18.3. The molecular weight excluding hydrogens is 467 g/mol. The maximum Gasteiger partial charge on any atom is 0.416 e. The Morgan fingerprint density at radius 3 is 2.69 bits per heavy atom. The summed E-state index contributed by atoms with van der Waals surface area (Å²) in [6.45, 7) is 0.294. The zero-order valence-corrected chi connectivity index (χ0v) is 18.3. The smallest absolute Gasteiger partial charge is 0.347 e. The van der Waals surface area contributed by atoms with Crippen molar-refractivity contribution >= 4 is 17.5 Å². The van der Waals surface area contributed by atoms with Crippen molar-refractivity contribution in [2.75, 3.05) is 6.54 Å². The van der Waals surface area contributed by atoms with Crippen LogP contribution in [0.4, 0.5) is 18.9 Å². The van der Waals surface area contributed by atoms with E-state index in [1.807, 2.05) is 0 Å². The maximum absolute atomic E-state index is 12.9. The van der Waals surface area contributed by atoms with Crippen LogP contribution in [0.1, 0.15) is 38.4 Å². The van der Waals surface area contributed by atoms with Gasteiger partial charge in [-0.25, -0.2) is 0 Å². The molecule has 182 valence electrons. The van der Waals surface area contributed by atoms with Crippen molar-refractivity contribution in [3.63, 3.8) is 0 Å². The van der Waals surface area contributed by atoms with Gasteiger partial charge in [-0.2, -0.15) is 18.3 Å². The molecule has 9 nitrogen and oxygen atoms in total. The van der Waals surface area contributed by atoms with E-state index in [2.05, 4.69) is 15.5 Å². The van der Waals surface area contributed by atoms with E-state index in [1.54, 1.807) is 6.07 Å².